The number of hydrogen-bond donors (Lipinski definition) is 4. The number of carbonyl (C=O) groups is 2. The van der Waals surface area contributed by atoms with E-state index in [1.807, 2.05) is 0 Å². The van der Waals surface area contributed by atoms with E-state index in [0.29, 0.717) is 0 Å². The fourth-order valence-corrected chi connectivity index (χ4v) is 0.484. The molecule has 0 aliphatic heterocycles. The summed E-state index contributed by atoms with van der Waals surface area (Å²) >= 11 is 6.63. The molecule has 0 aliphatic rings. The summed E-state index contributed by atoms with van der Waals surface area (Å²) in [6, 6.07) is 0. The number of rotatable bonds is 3. The SMILES string of the molecule is C.CCCCNC(=O)S.NC(=O)S. The van der Waals surface area contributed by atoms with Crippen LogP contribution in [0.1, 0.15) is 27.2 Å². The van der Waals surface area contributed by atoms with Crippen molar-refractivity contribution in [1.29, 1.82) is 0 Å². The number of nitrogens with two attached hydrogens (primary N) is 1. The standard InChI is InChI=1S/C5H11NOS.CH3NOS.CH4/c1-2-3-4-6-5(7)8;2-1(3)4;/h2-4H2,1H3,(H2,6,7,8);(H3,2,3,4);1H4. The number of thiol groups is 2. The Hall–Kier alpha value is -0.360. The van der Waals surface area contributed by atoms with Crippen molar-refractivity contribution in [3.05, 3.63) is 0 Å². The highest BCUT2D eigenvalue weighted by Gasteiger charge is 1.86. The zero-order chi connectivity index (χ0) is 9.98. The Morgan fingerprint density at radius 2 is 1.77 bits per heavy atom. The molecule has 0 spiro atoms. The Kier molecular flexibility index (Phi) is 20.1. The lowest BCUT2D eigenvalue weighted by Crippen LogP contribution is -2.17. The van der Waals surface area contributed by atoms with Crippen molar-refractivity contribution in [2.45, 2.75) is 27.2 Å². The molecule has 80 valence electrons. The molecule has 6 heteroatoms. The number of unbranched alkanes of at least 4 members (excludes halogenated alkanes) is 1. The summed E-state index contributed by atoms with van der Waals surface area (Å²) in [6.07, 6.45) is 2.14. The lowest BCUT2D eigenvalue weighted by molar-refractivity contribution is 0.261. The summed E-state index contributed by atoms with van der Waals surface area (Å²) in [7, 11) is 0. The lowest BCUT2D eigenvalue weighted by Gasteiger charge is -1.95. The highest BCUT2D eigenvalue weighted by atomic mass is 32.1. The smallest absolute Gasteiger partial charge is 0.275 e. The molecule has 0 aliphatic carbocycles. The molecule has 0 aromatic heterocycles. The summed E-state index contributed by atoms with van der Waals surface area (Å²) in [6.45, 7) is 2.82. The van der Waals surface area contributed by atoms with E-state index in [-0.39, 0.29) is 12.7 Å². The third kappa shape index (κ3) is 50.2. The maximum absolute atomic E-state index is 10.1. The maximum atomic E-state index is 10.1. The highest BCUT2D eigenvalue weighted by molar-refractivity contribution is 7.96. The first kappa shape index (κ1) is 18.4. The van der Waals surface area contributed by atoms with E-state index in [0.717, 1.165) is 19.4 Å². The first-order valence-electron chi connectivity index (χ1n) is 3.45. The minimum atomic E-state index is -0.639. The van der Waals surface area contributed by atoms with Gasteiger partial charge in [0.25, 0.3) is 10.5 Å². The van der Waals surface area contributed by atoms with Gasteiger partial charge in [0.05, 0.1) is 0 Å². The molecule has 0 aromatic carbocycles. The zero-order valence-corrected chi connectivity index (χ0v) is 8.70. The maximum Gasteiger partial charge on any atom is 0.275 e. The van der Waals surface area contributed by atoms with Gasteiger partial charge in [0, 0.05) is 6.54 Å². The fraction of sp³-hybridized carbons (Fsp3) is 0.714. The topological polar surface area (TPSA) is 72.2 Å². The van der Waals surface area contributed by atoms with Crippen LogP contribution < -0.4 is 11.1 Å². The molecule has 3 N–H and O–H groups in total. The van der Waals surface area contributed by atoms with Gasteiger partial charge >= 0.3 is 0 Å². The van der Waals surface area contributed by atoms with E-state index in [1.165, 1.54) is 0 Å². The van der Waals surface area contributed by atoms with Crippen LogP contribution in [-0.2, 0) is 0 Å². The Balaban J connectivity index is -0.000000173. The van der Waals surface area contributed by atoms with Gasteiger partial charge in [0.1, 0.15) is 0 Å². The van der Waals surface area contributed by atoms with E-state index >= 15 is 0 Å². The lowest BCUT2D eigenvalue weighted by atomic mass is 10.3. The van der Waals surface area contributed by atoms with E-state index in [2.05, 4.69) is 43.2 Å². The molecule has 0 aromatic rings. The molecule has 0 rings (SSSR count). The third-order valence-corrected chi connectivity index (χ3v) is 0.965. The van der Waals surface area contributed by atoms with Crippen LogP contribution in [0.15, 0.2) is 0 Å². The van der Waals surface area contributed by atoms with Gasteiger partial charge in [-0.3, -0.25) is 9.59 Å². The van der Waals surface area contributed by atoms with Gasteiger partial charge in [-0.1, -0.05) is 46.0 Å². The average molecular weight is 226 g/mol. The summed E-state index contributed by atoms with van der Waals surface area (Å²) in [5.74, 6) is 0. The van der Waals surface area contributed by atoms with Gasteiger partial charge in [-0.15, -0.1) is 0 Å². The number of amides is 2. The second kappa shape index (κ2) is 14.2. The molecule has 2 amide bonds. The van der Waals surface area contributed by atoms with E-state index < -0.39 is 5.24 Å². The van der Waals surface area contributed by atoms with Gasteiger partial charge in [-0.05, 0) is 6.42 Å². The van der Waals surface area contributed by atoms with E-state index in [4.69, 9.17) is 4.79 Å². The zero-order valence-electron chi connectivity index (χ0n) is 6.91. The quantitative estimate of drug-likeness (QED) is 0.439. The largest absolute Gasteiger partial charge is 0.361 e. The molecule has 13 heavy (non-hydrogen) atoms. The van der Waals surface area contributed by atoms with E-state index in [9.17, 15) is 4.79 Å². The molecule has 4 nitrogen and oxygen atoms in total. The number of nitrogens with one attached hydrogen (secondary N) is 1. The summed E-state index contributed by atoms with van der Waals surface area (Å²) in [5.41, 5.74) is 4.34. The molecule has 0 atom stereocenters. The molecule has 0 fully saturated rings. The van der Waals surface area contributed by atoms with Gasteiger partial charge in [0.15, 0.2) is 0 Å². The molecule has 0 bridgehead atoms. The summed E-state index contributed by atoms with van der Waals surface area (Å²) in [5, 5.41) is 1.70. The predicted octanol–water partition coefficient (Wildman–Crippen LogP) is 2.06. The Labute approximate surface area is 90.5 Å². The molecule has 0 saturated heterocycles. The van der Waals surface area contributed by atoms with Crippen LogP contribution in [0.4, 0.5) is 9.59 Å². The minimum Gasteiger partial charge on any atom is -0.361 e. The van der Waals surface area contributed by atoms with Crippen LogP contribution in [-0.4, -0.2) is 17.0 Å². The highest BCUT2D eigenvalue weighted by Crippen LogP contribution is 1.83. The normalized spacial score (nSPS) is 7.31. The molecule has 0 radical (unpaired) electrons. The Morgan fingerprint density at radius 1 is 1.38 bits per heavy atom. The molecule has 0 unspecified atom stereocenters. The molecular formula is C7H18N2O2S2. The van der Waals surface area contributed by atoms with Crippen LogP contribution >= 0.6 is 25.3 Å². The van der Waals surface area contributed by atoms with Gasteiger partial charge in [-0.2, -0.15) is 0 Å². The van der Waals surface area contributed by atoms with Crippen molar-refractivity contribution in [1.82, 2.24) is 5.32 Å². The van der Waals surface area contributed by atoms with Crippen LogP contribution in [0.25, 0.3) is 0 Å². The van der Waals surface area contributed by atoms with Gasteiger partial charge in [0.2, 0.25) is 0 Å². The van der Waals surface area contributed by atoms with Crippen molar-refractivity contribution in [3.8, 4) is 0 Å². The first-order valence-corrected chi connectivity index (χ1v) is 4.35. The Morgan fingerprint density at radius 3 is 2.00 bits per heavy atom. The molecule has 0 saturated carbocycles. The van der Waals surface area contributed by atoms with Crippen molar-refractivity contribution < 1.29 is 9.59 Å². The van der Waals surface area contributed by atoms with Crippen LogP contribution in [0.2, 0.25) is 0 Å². The van der Waals surface area contributed by atoms with Crippen molar-refractivity contribution in [2.24, 2.45) is 5.73 Å². The van der Waals surface area contributed by atoms with E-state index in [1.54, 1.807) is 0 Å². The third-order valence-electron chi connectivity index (χ3n) is 0.807. The van der Waals surface area contributed by atoms with Crippen LogP contribution in [0.3, 0.4) is 0 Å². The Bertz CT molecular complexity index is 138. The van der Waals surface area contributed by atoms with Crippen molar-refractivity contribution in [2.75, 3.05) is 6.54 Å². The minimum absolute atomic E-state index is 0. The fourth-order valence-electron chi connectivity index (χ4n) is 0.372. The summed E-state index contributed by atoms with van der Waals surface area (Å²) in [4.78, 5) is 19.2. The number of carbonyl (C=O) groups excluding carboxylic acids is 2. The van der Waals surface area contributed by atoms with Crippen LogP contribution in [0.5, 0.6) is 0 Å². The summed E-state index contributed by atoms with van der Waals surface area (Å²) < 4.78 is 0. The van der Waals surface area contributed by atoms with Crippen molar-refractivity contribution >= 4 is 35.7 Å². The molecular weight excluding hydrogens is 208 g/mol. The number of primary amides is 1. The number of hydrogen-bond acceptors (Lipinski definition) is 2. The molecule has 0 heterocycles. The second-order valence-corrected chi connectivity index (χ2v) is 2.77. The monoisotopic (exact) mass is 226 g/mol. The first-order chi connectivity index (χ1) is 5.50. The second-order valence-electron chi connectivity index (χ2n) is 1.92. The predicted molar refractivity (Wildman–Crippen MR) is 62.6 cm³/mol. The van der Waals surface area contributed by atoms with Gasteiger partial charge in [-0.25, -0.2) is 0 Å². The van der Waals surface area contributed by atoms with Gasteiger partial charge < -0.3 is 11.1 Å². The van der Waals surface area contributed by atoms with Crippen LogP contribution in [0, 0.1) is 0 Å². The van der Waals surface area contributed by atoms with Crippen molar-refractivity contribution in [3.63, 3.8) is 0 Å². The average Bonchev–Trinajstić information content (AvgIpc) is 1.86.